The highest BCUT2D eigenvalue weighted by Gasteiger charge is 1.98. The van der Waals surface area contributed by atoms with Crippen LogP contribution in [-0.2, 0) is 0 Å². The first-order valence-corrected chi connectivity index (χ1v) is 2.19. The molecule has 0 saturated carbocycles. The van der Waals surface area contributed by atoms with E-state index in [1.807, 2.05) is 0 Å². The van der Waals surface area contributed by atoms with Gasteiger partial charge in [-0.3, -0.25) is 0 Å². The zero-order valence-corrected chi connectivity index (χ0v) is 4.51. The van der Waals surface area contributed by atoms with Crippen LogP contribution in [0.1, 0.15) is 5.69 Å². The Morgan fingerprint density at radius 2 is 2.12 bits per heavy atom. The Morgan fingerprint density at radius 1 is 1.50 bits per heavy atom. The van der Waals surface area contributed by atoms with Crippen molar-refractivity contribution in [1.82, 2.24) is 5.16 Å². The summed E-state index contributed by atoms with van der Waals surface area (Å²) in [4.78, 5) is 0. The molecule has 36 valence electrons. The van der Waals surface area contributed by atoms with Crippen molar-refractivity contribution < 1.29 is 4.52 Å². The van der Waals surface area contributed by atoms with Gasteiger partial charge in [0.05, 0.1) is 11.4 Å². The van der Waals surface area contributed by atoms with Crippen molar-refractivity contribution in [3.8, 4) is 0 Å². The van der Waals surface area contributed by atoms with Crippen molar-refractivity contribution in [2.75, 3.05) is 0 Å². The quantitative estimate of drug-likeness (QED) is 0.376. The first-order valence-electron chi connectivity index (χ1n) is 2.19. The third kappa shape index (κ3) is 0.660. The first kappa shape index (κ1) is 5.48. The van der Waals surface area contributed by atoms with Crippen molar-refractivity contribution in [1.29, 1.82) is 0 Å². The highest BCUT2D eigenvalue weighted by molar-refractivity contribution is 6.47. The van der Waals surface area contributed by atoms with Gasteiger partial charge in [0.25, 0.3) is 0 Å². The highest BCUT2D eigenvalue weighted by atomic mass is 16.5. The number of hydrogen-bond acceptors (Lipinski definition) is 2. The normalized spacial score (nSPS) is 9.62. The molecule has 1 heterocycles. The molecule has 0 atom stereocenters. The Bertz CT molecular complexity index is 176. The summed E-state index contributed by atoms with van der Waals surface area (Å²) >= 11 is 0. The lowest BCUT2D eigenvalue weighted by molar-refractivity contribution is 0.440. The summed E-state index contributed by atoms with van der Waals surface area (Å²) in [5.74, 6) is 0. The molecular formula is C4H3B2NO. The molecule has 1 aromatic heterocycles. The molecule has 0 bridgehead atoms. The summed E-state index contributed by atoms with van der Waals surface area (Å²) in [6, 6.07) is 0. The topological polar surface area (TPSA) is 26.0 Å². The summed E-state index contributed by atoms with van der Waals surface area (Å²) in [5, 5.41) is 3.49. The molecule has 0 aromatic carbocycles. The van der Waals surface area contributed by atoms with Gasteiger partial charge in [-0.05, 0) is 12.4 Å². The Balaban J connectivity index is 3.19. The monoisotopic (exact) mass is 103 g/mol. The lowest BCUT2D eigenvalue weighted by atomic mass is 9.86. The number of hydrogen-bond donors (Lipinski definition) is 0. The molecule has 0 aliphatic carbocycles. The predicted octanol–water partition coefficient (Wildman–Crippen LogP) is -1.43. The minimum Gasteiger partial charge on any atom is -0.374 e. The molecule has 0 aliphatic rings. The van der Waals surface area contributed by atoms with E-state index in [9.17, 15) is 0 Å². The summed E-state index contributed by atoms with van der Waals surface area (Å²) in [6.07, 6.45) is 0. The summed E-state index contributed by atoms with van der Waals surface area (Å²) in [7, 11) is 10.5. The van der Waals surface area contributed by atoms with E-state index in [0.29, 0.717) is 11.2 Å². The van der Waals surface area contributed by atoms with E-state index in [2.05, 4.69) is 9.68 Å². The average Bonchev–Trinajstić information content (AvgIpc) is 1.98. The van der Waals surface area contributed by atoms with Crippen molar-refractivity contribution >= 4 is 26.8 Å². The van der Waals surface area contributed by atoms with Crippen molar-refractivity contribution in [2.45, 2.75) is 6.92 Å². The molecule has 0 saturated heterocycles. The lowest BCUT2D eigenvalue weighted by Gasteiger charge is -1.81. The van der Waals surface area contributed by atoms with E-state index in [0.717, 1.165) is 0 Å². The number of nitrogens with zero attached hydrogens (tertiary/aromatic N) is 1. The van der Waals surface area contributed by atoms with Crippen molar-refractivity contribution in [3.05, 3.63) is 5.69 Å². The largest absolute Gasteiger partial charge is 0.374 e. The van der Waals surface area contributed by atoms with Crippen LogP contribution in [0.25, 0.3) is 0 Å². The van der Waals surface area contributed by atoms with Crippen molar-refractivity contribution in [3.63, 3.8) is 0 Å². The van der Waals surface area contributed by atoms with E-state index in [1.165, 1.54) is 0 Å². The van der Waals surface area contributed by atoms with Gasteiger partial charge < -0.3 is 4.52 Å². The maximum Gasteiger partial charge on any atom is 0.170 e. The molecule has 0 amide bonds. The van der Waals surface area contributed by atoms with Gasteiger partial charge in [0.15, 0.2) is 7.85 Å². The first-order chi connectivity index (χ1) is 3.72. The number of aromatic nitrogens is 1. The molecular weight excluding hydrogens is 99.7 g/mol. The van der Waals surface area contributed by atoms with E-state index in [4.69, 9.17) is 15.7 Å². The lowest BCUT2D eigenvalue weighted by Crippen LogP contribution is -2.22. The Hall–Kier alpha value is -0.660. The second kappa shape index (κ2) is 1.69. The van der Waals surface area contributed by atoms with Gasteiger partial charge in [-0.1, -0.05) is 5.16 Å². The molecule has 4 radical (unpaired) electrons. The molecule has 8 heavy (non-hydrogen) atoms. The second-order valence-electron chi connectivity index (χ2n) is 1.55. The van der Waals surface area contributed by atoms with Crippen LogP contribution in [0.4, 0.5) is 0 Å². The fourth-order valence-corrected chi connectivity index (χ4v) is 0.394. The van der Waals surface area contributed by atoms with Crippen LogP contribution in [0, 0.1) is 6.92 Å². The SMILES string of the molecule is [B]c1onc(C)c1[B]. The highest BCUT2D eigenvalue weighted by Crippen LogP contribution is 1.79. The number of rotatable bonds is 0. The van der Waals surface area contributed by atoms with Crippen molar-refractivity contribution in [2.24, 2.45) is 0 Å². The van der Waals surface area contributed by atoms with Crippen LogP contribution >= 0.6 is 0 Å². The molecule has 1 aromatic rings. The molecule has 1 rings (SSSR count). The van der Waals surface area contributed by atoms with Gasteiger partial charge in [-0.15, -0.1) is 0 Å². The van der Waals surface area contributed by atoms with Gasteiger partial charge in [0, 0.05) is 0 Å². The third-order valence-electron chi connectivity index (χ3n) is 0.936. The summed E-state index contributed by atoms with van der Waals surface area (Å²) in [6.45, 7) is 1.73. The standard InChI is InChI=1S/C4H3B2NO/c1-2-3(5)4(6)8-7-2/h1H3. The summed E-state index contributed by atoms with van der Waals surface area (Å²) < 4.78 is 4.50. The molecule has 0 fully saturated rings. The Labute approximate surface area is 50.1 Å². The molecule has 4 heteroatoms. The molecule has 0 aliphatic heterocycles. The maximum absolute atomic E-state index is 5.32. The zero-order valence-electron chi connectivity index (χ0n) is 4.51. The third-order valence-corrected chi connectivity index (χ3v) is 0.936. The van der Waals surface area contributed by atoms with Gasteiger partial charge in [0.1, 0.15) is 7.85 Å². The van der Waals surface area contributed by atoms with E-state index >= 15 is 0 Å². The molecule has 0 spiro atoms. The van der Waals surface area contributed by atoms with Crippen LogP contribution in [0.3, 0.4) is 0 Å². The molecule has 0 unspecified atom stereocenters. The van der Waals surface area contributed by atoms with E-state index < -0.39 is 0 Å². The fraction of sp³-hybridized carbons (Fsp3) is 0.250. The Morgan fingerprint density at radius 3 is 2.25 bits per heavy atom. The van der Waals surface area contributed by atoms with Crippen LogP contribution < -0.4 is 11.1 Å². The minimum absolute atomic E-state index is 0.197. The predicted molar refractivity (Wildman–Crippen MR) is 32.0 cm³/mol. The van der Waals surface area contributed by atoms with Gasteiger partial charge in [-0.2, -0.15) is 0 Å². The van der Waals surface area contributed by atoms with Gasteiger partial charge >= 0.3 is 0 Å². The minimum atomic E-state index is 0.197. The number of aryl methyl sites for hydroxylation is 1. The van der Waals surface area contributed by atoms with E-state index in [-0.39, 0.29) is 5.66 Å². The van der Waals surface area contributed by atoms with Crippen LogP contribution in [0.5, 0.6) is 0 Å². The van der Waals surface area contributed by atoms with Gasteiger partial charge in [-0.25, -0.2) is 0 Å². The summed E-state index contributed by atoms with van der Waals surface area (Å²) in [5.41, 5.74) is 1.27. The smallest absolute Gasteiger partial charge is 0.170 e. The molecule has 2 nitrogen and oxygen atoms in total. The average molecular weight is 103 g/mol. The van der Waals surface area contributed by atoms with E-state index in [1.54, 1.807) is 6.92 Å². The second-order valence-corrected chi connectivity index (χ2v) is 1.55. The Kier molecular flexibility index (Phi) is 1.16. The molecule has 0 N–H and O–H groups in total. The maximum atomic E-state index is 5.32. The van der Waals surface area contributed by atoms with Crippen LogP contribution in [-0.4, -0.2) is 20.8 Å². The zero-order chi connectivity index (χ0) is 6.15. The van der Waals surface area contributed by atoms with Crippen LogP contribution in [0.2, 0.25) is 0 Å². The fourth-order valence-electron chi connectivity index (χ4n) is 0.394. The van der Waals surface area contributed by atoms with Crippen LogP contribution in [0.15, 0.2) is 4.52 Å². The van der Waals surface area contributed by atoms with Gasteiger partial charge in [0.2, 0.25) is 0 Å².